The van der Waals surface area contributed by atoms with E-state index in [0.717, 1.165) is 0 Å². The van der Waals surface area contributed by atoms with E-state index < -0.39 is 21.8 Å². The number of nitrogens with one attached hydrogen (secondary N) is 2. The number of para-hydroxylation sites is 1. The van der Waals surface area contributed by atoms with Crippen molar-refractivity contribution in [3.05, 3.63) is 53.6 Å². The van der Waals surface area contributed by atoms with E-state index >= 15 is 0 Å². The van der Waals surface area contributed by atoms with Crippen LogP contribution in [0.5, 0.6) is 0 Å². The second-order valence-electron chi connectivity index (χ2n) is 6.31. The van der Waals surface area contributed by atoms with E-state index in [9.17, 15) is 18.0 Å². The van der Waals surface area contributed by atoms with Crippen molar-refractivity contribution in [2.24, 2.45) is 0 Å². The molecule has 2 amide bonds. The van der Waals surface area contributed by atoms with E-state index in [-0.39, 0.29) is 17.0 Å². The lowest BCUT2D eigenvalue weighted by molar-refractivity contribution is -0.133. The van der Waals surface area contributed by atoms with Crippen LogP contribution in [0.3, 0.4) is 0 Å². The van der Waals surface area contributed by atoms with Crippen molar-refractivity contribution in [2.75, 3.05) is 27.2 Å². The van der Waals surface area contributed by atoms with Crippen molar-refractivity contribution in [2.45, 2.75) is 13.3 Å². The van der Waals surface area contributed by atoms with Gasteiger partial charge in [0.25, 0.3) is 0 Å². The molecule has 0 aromatic heterocycles. The lowest BCUT2D eigenvalue weighted by Crippen LogP contribution is -2.30. The molecule has 1 saturated heterocycles. The summed E-state index contributed by atoms with van der Waals surface area (Å²) in [7, 11) is -3.35. The average molecular weight is 398 g/mol. The van der Waals surface area contributed by atoms with Crippen molar-refractivity contribution in [3.63, 3.8) is 0 Å². The lowest BCUT2D eigenvalue weighted by atomic mass is 10.1. The first-order valence-electron chi connectivity index (χ1n) is 8.54. The maximum Gasteiger partial charge on any atom is 0.314 e. The van der Waals surface area contributed by atoms with E-state index in [0.29, 0.717) is 29.9 Å². The third-order valence-corrected chi connectivity index (χ3v) is 6.23. The third kappa shape index (κ3) is 3.97. The minimum atomic E-state index is -3.35. The van der Waals surface area contributed by atoms with Crippen LogP contribution in [0.2, 0.25) is 0 Å². The van der Waals surface area contributed by atoms with Gasteiger partial charge in [0, 0.05) is 12.2 Å². The fourth-order valence-electron chi connectivity index (χ4n) is 2.88. The molecule has 0 unspecified atom stereocenters. The monoisotopic (exact) mass is 398 g/mol. The van der Waals surface area contributed by atoms with E-state index in [2.05, 4.69) is 10.6 Å². The van der Waals surface area contributed by atoms with E-state index in [1.165, 1.54) is 22.5 Å². The van der Waals surface area contributed by atoms with Gasteiger partial charge in [-0.05, 0) is 43.2 Å². The molecule has 8 nitrogen and oxygen atoms in total. The van der Waals surface area contributed by atoms with Crippen LogP contribution in [0.4, 0.5) is 17.1 Å². The number of carbonyl (C=O) groups excluding carboxylic acids is 2. The number of amides is 2. The molecule has 144 valence electrons. The fraction of sp³-hybridized carbons (Fsp3) is 0.211. The Morgan fingerprint density at radius 1 is 1.07 bits per heavy atom. The van der Waals surface area contributed by atoms with Gasteiger partial charge < -0.3 is 10.6 Å². The molecule has 2 aromatic rings. The number of carbonyl (C=O) groups is 2. The number of hydrogen-bond donors (Lipinski definition) is 2. The molecule has 1 fully saturated rings. The zero-order valence-electron chi connectivity index (χ0n) is 15.1. The van der Waals surface area contributed by atoms with Gasteiger partial charge in [-0.25, -0.2) is 8.42 Å². The summed E-state index contributed by atoms with van der Waals surface area (Å²) in [5, 5.41) is 14.0. The molecule has 2 N–H and O–H groups in total. The summed E-state index contributed by atoms with van der Waals surface area (Å²) in [4.78, 5) is 24.5. The molecule has 0 atom stereocenters. The zero-order valence-corrected chi connectivity index (χ0v) is 15.9. The minimum Gasteiger partial charge on any atom is -0.317 e. The number of hydrogen-bond acceptors (Lipinski definition) is 5. The smallest absolute Gasteiger partial charge is 0.314 e. The van der Waals surface area contributed by atoms with Crippen LogP contribution < -0.4 is 14.9 Å². The van der Waals surface area contributed by atoms with Gasteiger partial charge >= 0.3 is 11.8 Å². The number of benzene rings is 2. The van der Waals surface area contributed by atoms with Gasteiger partial charge in [-0.15, -0.1) is 0 Å². The fourth-order valence-corrected chi connectivity index (χ4v) is 4.43. The molecule has 0 saturated carbocycles. The van der Waals surface area contributed by atoms with Gasteiger partial charge in [-0.1, -0.05) is 18.2 Å². The Morgan fingerprint density at radius 2 is 1.75 bits per heavy atom. The first kappa shape index (κ1) is 19.4. The summed E-state index contributed by atoms with van der Waals surface area (Å²) in [6, 6.07) is 13.1. The summed E-state index contributed by atoms with van der Waals surface area (Å²) in [5.74, 6) is -1.76. The number of nitriles is 1. The number of rotatable bonds is 3. The Labute approximate surface area is 162 Å². The van der Waals surface area contributed by atoms with E-state index in [1.54, 1.807) is 31.2 Å². The van der Waals surface area contributed by atoms with Crippen LogP contribution in [0.25, 0.3) is 0 Å². The van der Waals surface area contributed by atoms with Crippen LogP contribution in [0, 0.1) is 18.3 Å². The molecule has 0 spiro atoms. The molecule has 9 heteroatoms. The van der Waals surface area contributed by atoms with Gasteiger partial charge in [0.15, 0.2) is 0 Å². The van der Waals surface area contributed by atoms with Crippen molar-refractivity contribution in [1.82, 2.24) is 0 Å². The average Bonchev–Trinajstić information content (AvgIpc) is 3.03. The largest absolute Gasteiger partial charge is 0.317 e. The standard InChI is InChI=1S/C19H18N4O4S/c1-13-7-8-15(23-9-4-10-28(23,26)27)11-17(13)22-19(25)18(24)21-16-6-3-2-5-14(16)12-20/h2-3,5-8,11H,4,9-10H2,1H3,(H,21,24)(H,22,25). The molecule has 1 aliphatic rings. The molecular weight excluding hydrogens is 380 g/mol. The number of aryl methyl sites for hydroxylation is 1. The second kappa shape index (κ2) is 7.70. The molecule has 0 aliphatic carbocycles. The molecular formula is C19H18N4O4S. The van der Waals surface area contributed by atoms with Crippen molar-refractivity contribution >= 4 is 38.9 Å². The molecule has 2 aromatic carbocycles. The molecule has 0 bridgehead atoms. The summed E-state index contributed by atoms with van der Waals surface area (Å²) in [5.41, 5.74) is 1.93. The maximum atomic E-state index is 12.3. The van der Waals surface area contributed by atoms with Gasteiger partial charge in [0.2, 0.25) is 10.0 Å². The van der Waals surface area contributed by atoms with Gasteiger partial charge in [0.1, 0.15) is 6.07 Å². The summed E-state index contributed by atoms with van der Waals surface area (Å²) < 4.78 is 25.5. The molecule has 1 heterocycles. The first-order chi connectivity index (χ1) is 13.3. The Balaban J connectivity index is 1.77. The van der Waals surface area contributed by atoms with Crippen molar-refractivity contribution in [3.8, 4) is 6.07 Å². The van der Waals surface area contributed by atoms with Crippen LogP contribution in [-0.2, 0) is 19.6 Å². The topological polar surface area (TPSA) is 119 Å². The maximum absolute atomic E-state index is 12.3. The third-order valence-electron chi connectivity index (χ3n) is 4.36. The first-order valence-corrected chi connectivity index (χ1v) is 10.2. The van der Waals surface area contributed by atoms with Gasteiger partial charge in [-0.2, -0.15) is 5.26 Å². The second-order valence-corrected chi connectivity index (χ2v) is 8.32. The summed E-state index contributed by atoms with van der Waals surface area (Å²) in [6.45, 7) is 2.12. The quantitative estimate of drug-likeness (QED) is 0.766. The number of anilines is 3. The van der Waals surface area contributed by atoms with Crippen LogP contribution in [-0.4, -0.2) is 32.5 Å². The van der Waals surface area contributed by atoms with E-state index in [4.69, 9.17) is 5.26 Å². The Kier molecular flexibility index (Phi) is 5.33. The van der Waals surface area contributed by atoms with Crippen LogP contribution >= 0.6 is 0 Å². The normalized spacial score (nSPS) is 14.9. The minimum absolute atomic E-state index is 0.0866. The predicted molar refractivity (Wildman–Crippen MR) is 105 cm³/mol. The predicted octanol–water partition coefficient (Wildman–Crippen LogP) is 1.98. The summed E-state index contributed by atoms with van der Waals surface area (Å²) in [6.07, 6.45) is 0.540. The molecule has 1 aliphatic heterocycles. The van der Waals surface area contributed by atoms with Crippen molar-refractivity contribution in [1.29, 1.82) is 5.26 Å². The highest BCUT2D eigenvalue weighted by Gasteiger charge is 2.29. The highest BCUT2D eigenvalue weighted by Crippen LogP contribution is 2.28. The van der Waals surface area contributed by atoms with Crippen LogP contribution in [0.1, 0.15) is 17.5 Å². The Morgan fingerprint density at radius 3 is 2.39 bits per heavy atom. The zero-order chi connectivity index (χ0) is 20.3. The van der Waals surface area contributed by atoms with Gasteiger partial charge in [-0.3, -0.25) is 13.9 Å². The highest BCUT2D eigenvalue weighted by atomic mass is 32.2. The SMILES string of the molecule is Cc1ccc(N2CCCS2(=O)=O)cc1NC(=O)C(=O)Nc1ccccc1C#N. The highest BCUT2D eigenvalue weighted by molar-refractivity contribution is 7.93. The number of sulfonamides is 1. The van der Waals surface area contributed by atoms with Crippen molar-refractivity contribution < 1.29 is 18.0 Å². The van der Waals surface area contributed by atoms with E-state index in [1.807, 2.05) is 6.07 Å². The Bertz CT molecular complexity index is 1090. The molecule has 28 heavy (non-hydrogen) atoms. The van der Waals surface area contributed by atoms with Gasteiger partial charge in [0.05, 0.1) is 22.7 Å². The lowest BCUT2D eigenvalue weighted by Gasteiger charge is -2.19. The summed E-state index contributed by atoms with van der Waals surface area (Å²) >= 11 is 0. The molecule has 3 rings (SSSR count). The Hall–Kier alpha value is -3.38. The molecule has 0 radical (unpaired) electrons. The van der Waals surface area contributed by atoms with Crippen LogP contribution in [0.15, 0.2) is 42.5 Å². The number of nitrogens with zero attached hydrogens (tertiary/aromatic N) is 2.